The molecule has 2 aromatic carbocycles. The lowest BCUT2D eigenvalue weighted by molar-refractivity contribution is -0.121. The third-order valence-electron chi connectivity index (χ3n) is 3.57. The molecule has 8 heteroatoms. The minimum atomic E-state index is -0.453. The normalized spacial score (nSPS) is 12.0. The SMILES string of the molecule is CC[C@H](Nc1ccc(Cl)cc1)C(=O)N/N=C\c1cc(Cl)c(O)c(OC)c1. The number of rotatable bonds is 7. The van der Waals surface area contributed by atoms with Crippen molar-refractivity contribution in [2.75, 3.05) is 12.4 Å². The van der Waals surface area contributed by atoms with Gasteiger partial charge in [-0.3, -0.25) is 4.79 Å². The maximum atomic E-state index is 12.3. The van der Waals surface area contributed by atoms with E-state index in [9.17, 15) is 9.90 Å². The van der Waals surface area contributed by atoms with Crippen molar-refractivity contribution >= 4 is 41.0 Å². The van der Waals surface area contributed by atoms with Crippen LogP contribution in [-0.2, 0) is 4.79 Å². The summed E-state index contributed by atoms with van der Waals surface area (Å²) in [5, 5.41) is 17.5. The van der Waals surface area contributed by atoms with E-state index < -0.39 is 6.04 Å². The predicted molar refractivity (Wildman–Crippen MR) is 105 cm³/mol. The molecule has 138 valence electrons. The van der Waals surface area contributed by atoms with E-state index in [-0.39, 0.29) is 22.4 Å². The van der Waals surface area contributed by atoms with Gasteiger partial charge < -0.3 is 15.2 Å². The summed E-state index contributed by atoms with van der Waals surface area (Å²) in [4.78, 5) is 12.3. The van der Waals surface area contributed by atoms with E-state index >= 15 is 0 Å². The van der Waals surface area contributed by atoms with Gasteiger partial charge in [0.2, 0.25) is 0 Å². The summed E-state index contributed by atoms with van der Waals surface area (Å²) in [6.07, 6.45) is 1.99. The van der Waals surface area contributed by atoms with E-state index in [4.69, 9.17) is 27.9 Å². The van der Waals surface area contributed by atoms with Gasteiger partial charge in [0.1, 0.15) is 6.04 Å². The third-order valence-corrected chi connectivity index (χ3v) is 4.11. The zero-order valence-corrected chi connectivity index (χ0v) is 15.8. The summed E-state index contributed by atoms with van der Waals surface area (Å²) in [5.74, 6) is -0.203. The average molecular weight is 396 g/mol. The predicted octanol–water partition coefficient (Wildman–Crippen LogP) is 4.05. The Kier molecular flexibility index (Phi) is 7.12. The Bertz CT molecular complexity index is 795. The Balaban J connectivity index is 2.00. The summed E-state index contributed by atoms with van der Waals surface area (Å²) in [7, 11) is 1.42. The molecule has 0 aliphatic heterocycles. The fourth-order valence-electron chi connectivity index (χ4n) is 2.17. The molecule has 2 aromatic rings. The van der Waals surface area contributed by atoms with Gasteiger partial charge in [-0.15, -0.1) is 0 Å². The van der Waals surface area contributed by atoms with Crippen molar-refractivity contribution in [3.63, 3.8) is 0 Å². The fourth-order valence-corrected chi connectivity index (χ4v) is 2.52. The number of nitrogens with one attached hydrogen (secondary N) is 2. The standard InChI is InChI=1S/C18H19Cl2N3O3/c1-3-15(22-13-6-4-12(19)5-7-13)18(25)23-21-10-11-8-14(20)17(24)16(9-11)26-2/h4-10,15,22,24H,3H2,1-2H3,(H,23,25)/b21-10-/t15-/m0/s1. The average Bonchev–Trinajstić information content (AvgIpc) is 2.63. The van der Waals surface area contributed by atoms with Gasteiger partial charge in [0, 0.05) is 10.7 Å². The van der Waals surface area contributed by atoms with Crippen molar-refractivity contribution in [1.82, 2.24) is 5.43 Å². The Morgan fingerprint density at radius 3 is 2.62 bits per heavy atom. The van der Waals surface area contributed by atoms with E-state index in [0.29, 0.717) is 17.0 Å². The third kappa shape index (κ3) is 5.28. The summed E-state index contributed by atoms with van der Waals surface area (Å²) < 4.78 is 5.02. The number of carbonyl (C=O) groups excluding carboxylic acids is 1. The highest BCUT2D eigenvalue weighted by molar-refractivity contribution is 6.32. The Hall–Kier alpha value is -2.44. The van der Waals surface area contributed by atoms with E-state index in [0.717, 1.165) is 5.69 Å². The first-order valence-electron chi connectivity index (χ1n) is 7.86. The first-order chi connectivity index (χ1) is 12.4. The number of aromatic hydroxyl groups is 1. The molecule has 0 radical (unpaired) electrons. The monoisotopic (exact) mass is 395 g/mol. The molecule has 2 rings (SSSR count). The zero-order chi connectivity index (χ0) is 19.1. The van der Waals surface area contributed by atoms with Gasteiger partial charge >= 0.3 is 0 Å². The highest BCUT2D eigenvalue weighted by Gasteiger charge is 2.15. The summed E-state index contributed by atoms with van der Waals surface area (Å²) in [6.45, 7) is 1.89. The molecule has 0 aromatic heterocycles. The second-order valence-electron chi connectivity index (χ2n) is 5.40. The molecule has 0 unspecified atom stereocenters. The maximum Gasteiger partial charge on any atom is 0.262 e. The highest BCUT2D eigenvalue weighted by atomic mass is 35.5. The van der Waals surface area contributed by atoms with Crippen LogP contribution < -0.4 is 15.5 Å². The number of phenols is 1. The lowest BCUT2D eigenvalue weighted by atomic mass is 10.2. The van der Waals surface area contributed by atoms with Crippen LogP contribution >= 0.6 is 23.2 Å². The molecule has 6 nitrogen and oxygen atoms in total. The summed E-state index contributed by atoms with van der Waals surface area (Å²) >= 11 is 11.8. The van der Waals surface area contributed by atoms with E-state index in [2.05, 4.69) is 15.8 Å². The minimum Gasteiger partial charge on any atom is -0.503 e. The molecule has 0 saturated heterocycles. The number of halogens is 2. The second-order valence-corrected chi connectivity index (χ2v) is 6.24. The van der Waals surface area contributed by atoms with Gasteiger partial charge in [0.05, 0.1) is 18.3 Å². The van der Waals surface area contributed by atoms with E-state index in [1.807, 2.05) is 6.92 Å². The lowest BCUT2D eigenvalue weighted by Gasteiger charge is -2.16. The van der Waals surface area contributed by atoms with Gasteiger partial charge in [-0.25, -0.2) is 5.43 Å². The fraction of sp³-hybridized carbons (Fsp3) is 0.222. The number of hydrogen-bond donors (Lipinski definition) is 3. The van der Waals surface area contributed by atoms with Gasteiger partial charge in [-0.1, -0.05) is 30.1 Å². The van der Waals surface area contributed by atoms with Gasteiger partial charge in [-0.05, 0) is 48.4 Å². The summed E-state index contributed by atoms with van der Waals surface area (Å²) in [6, 6.07) is 9.70. The number of methoxy groups -OCH3 is 1. The van der Waals surface area contributed by atoms with Crippen LogP contribution in [0.5, 0.6) is 11.5 Å². The molecular formula is C18H19Cl2N3O3. The Morgan fingerprint density at radius 1 is 1.31 bits per heavy atom. The smallest absolute Gasteiger partial charge is 0.262 e. The lowest BCUT2D eigenvalue weighted by Crippen LogP contribution is -2.36. The molecule has 0 bridgehead atoms. The van der Waals surface area contributed by atoms with Crippen LogP contribution in [0.25, 0.3) is 0 Å². The minimum absolute atomic E-state index is 0.132. The number of phenolic OH excluding ortho intramolecular Hbond substituents is 1. The van der Waals surface area contributed by atoms with Crippen molar-refractivity contribution in [1.29, 1.82) is 0 Å². The number of hydrazone groups is 1. The van der Waals surface area contributed by atoms with Crippen molar-refractivity contribution in [3.05, 3.63) is 52.0 Å². The van der Waals surface area contributed by atoms with Crippen molar-refractivity contribution in [2.24, 2.45) is 5.10 Å². The van der Waals surface area contributed by atoms with Crippen molar-refractivity contribution < 1.29 is 14.6 Å². The molecule has 1 amide bonds. The van der Waals surface area contributed by atoms with E-state index in [1.165, 1.54) is 19.4 Å². The molecule has 26 heavy (non-hydrogen) atoms. The maximum absolute atomic E-state index is 12.3. The summed E-state index contributed by atoms with van der Waals surface area (Å²) in [5.41, 5.74) is 3.84. The number of ether oxygens (including phenoxy) is 1. The van der Waals surface area contributed by atoms with Crippen LogP contribution in [0.4, 0.5) is 5.69 Å². The zero-order valence-electron chi connectivity index (χ0n) is 14.3. The molecule has 0 aliphatic rings. The second kappa shape index (κ2) is 9.31. The molecule has 0 fully saturated rings. The first-order valence-corrected chi connectivity index (χ1v) is 8.61. The molecule has 0 spiro atoms. The number of carbonyl (C=O) groups is 1. The molecule has 0 aliphatic carbocycles. The van der Waals surface area contributed by atoms with Crippen LogP contribution in [0.1, 0.15) is 18.9 Å². The van der Waals surface area contributed by atoms with Gasteiger partial charge in [0.15, 0.2) is 11.5 Å². The van der Waals surface area contributed by atoms with Crippen molar-refractivity contribution in [2.45, 2.75) is 19.4 Å². The quantitative estimate of drug-likeness (QED) is 0.487. The van der Waals surface area contributed by atoms with Crippen LogP contribution in [0.3, 0.4) is 0 Å². The first kappa shape index (κ1) is 19.9. The Labute approximate surface area is 161 Å². The van der Waals surface area contributed by atoms with Gasteiger partial charge in [-0.2, -0.15) is 5.10 Å². The molecule has 0 heterocycles. The van der Waals surface area contributed by atoms with E-state index in [1.54, 1.807) is 30.3 Å². The van der Waals surface area contributed by atoms with Crippen LogP contribution in [0.2, 0.25) is 10.0 Å². The largest absolute Gasteiger partial charge is 0.503 e. The number of anilines is 1. The number of benzene rings is 2. The topological polar surface area (TPSA) is 83.0 Å². The van der Waals surface area contributed by atoms with Crippen LogP contribution in [0.15, 0.2) is 41.5 Å². The number of amides is 1. The van der Waals surface area contributed by atoms with Crippen LogP contribution in [0, 0.1) is 0 Å². The molecule has 0 saturated carbocycles. The van der Waals surface area contributed by atoms with Gasteiger partial charge in [0.25, 0.3) is 5.91 Å². The molecular weight excluding hydrogens is 377 g/mol. The Morgan fingerprint density at radius 2 is 2.00 bits per heavy atom. The van der Waals surface area contributed by atoms with Crippen LogP contribution in [-0.4, -0.2) is 30.4 Å². The number of hydrogen-bond acceptors (Lipinski definition) is 5. The van der Waals surface area contributed by atoms with Crippen molar-refractivity contribution in [3.8, 4) is 11.5 Å². The molecule has 1 atom stereocenters. The highest BCUT2D eigenvalue weighted by Crippen LogP contribution is 2.34. The molecule has 3 N–H and O–H groups in total. The number of nitrogens with zero attached hydrogens (tertiary/aromatic N) is 1.